The third-order valence-electron chi connectivity index (χ3n) is 6.24. The Hall–Kier alpha value is -4.14. The van der Waals surface area contributed by atoms with Crippen LogP contribution in [0.5, 0.6) is 5.75 Å². The number of imidazole rings is 1. The quantitative estimate of drug-likeness (QED) is 0.383. The summed E-state index contributed by atoms with van der Waals surface area (Å²) >= 11 is 0. The number of aryl methyl sites for hydroxylation is 2. The monoisotopic (exact) mass is 473 g/mol. The molecule has 1 amide bonds. The number of amides is 1. The van der Waals surface area contributed by atoms with Crippen molar-refractivity contribution in [2.24, 2.45) is 0 Å². The van der Waals surface area contributed by atoms with Crippen LogP contribution in [0.1, 0.15) is 44.7 Å². The molecule has 0 radical (unpaired) electrons. The number of aromatic nitrogens is 4. The van der Waals surface area contributed by atoms with Crippen molar-refractivity contribution in [1.29, 1.82) is 0 Å². The third-order valence-corrected chi connectivity index (χ3v) is 6.24. The summed E-state index contributed by atoms with van der Waals surface area (Å²) in [7, 11) is 1.64. The highest BCUT2D eigenvalue weighted by molar-refractivity contribution is 5.94. The number of ether oxygens (including phenoxy) is 2. The van der Waals surface area contributed by atoms with Gasteiger partial charge in [-0.3, -0.25) is 9.48 Å². The van der Waals surface area contributed by atoms with Crippen LogP contribution < -0.4 is 4.74 Å². The molecule has 0 fully saturated rings. The molecular weight excluding hydrogens is 446 g/mol. The topological polar surface area (TPSA) is 91.0 Å². The van der Waals surface area contributed by atoms with Crippen molar-refractivity contribution in [1.82, 2.24) is 24.1 Å². The lowest BCUT2D eigenvalue weighted by Crippen LogP contribution is -2.37. The molecular formula is C26H27N5O4. The summed E-state index contributed by atoms with van der Waals surface area (Å²) in [5, 5.41) is 4.62. The minimum Gasteiger partial charge on any atom is -0.497 e. The Balaban J connectivity index is 1.39. The van der Waals surface area contributed by atoms with Crippen LogP contribution in [0.2, 0.25) is 0 Å². The summed E-state index contributed by atoms with van der Waals surface area (Å²) in [5.41, 5.74) is 4.25. The number of fused-ring (bicyclic) bond motifs is 2. The molecule has 0 atom stereocenters. The van der Waals surface area contributed by atoms with Crippen LogP contribution in [0.4, 0.5) is 0 Å². The molecule has 180 valence electrons. The molecule has 5 rings (SSSR count). The van der Waals surface area contributed by atoms with Crippen LogP contribution in [0.3, 0.4) is 0 Å². The van der Waals surface area contributed by atoms with Gasteiger partial charge in [-0.05, 0) is 43.2 Å². The Labute approximate surface area is 202 Å². The number of rotatable bonds is 7. The fourth-order valence-electron chi connectivity index (χ4n) is 4.44. The summed E-state index contributed by atoms with van der Waals surface area (Å²) in [6.45, 7) is 3.46. The highest BCUT2D eigenvalue weighted by Crippen LogP contribution is 2.25. The molecule has 0 bridgehead atoms. The highest BCUT2D eigenvalue weighted by Gasteiger charge is 2.31. The van der Waals surface area contributed by atoms with E-state index in [1.54, 1.807) is 25.1 Å². The van der Waals surface area contributed by atoms with E-state index in [4.69, 9.17) is 9.47 Å². The van der Waals surface area contributed by atoms with E-state index in [1.807, 2.05) is 57.7 Å². The molecule has 0 aliphatic carbocycles. The maximum absolute atomic E-state index is 13.3. The number of carbonyl (C=O) groups is 2. The standard InChI is InChI=1S/C26H27N5O4/c1-3-35-26(33)24-20-16-30(25(32)21-17-29-13-5-4-6-23(29)27-21)14-12-22(20)31(28-24)15-11-18-7-9-19(34-2)10-8-18/h4-10,13,17H,3,11-12,14-16H2,1-2H3. The largest absolute Gasteiger partial charge is 0.497 e. The summed E-state index contributed by atoms with van der Waals surface area (Å²) in [6.07, 6.45) is 4.95. The van der Waals surface area contributed by atoms with E-state index in [2.05, 4.69) is 10.1 Å². The maximum Gasteiger partial charge on any atom is 0.359 e. The minimum atomic E-state index is -0.464. The third kappa shape index (κ3) is 4.49. The Morgan fingerprint density at radius 1 is 1.11 bits per heavy atom. The molecule has 1 aliphatic heterocycles. The Morgan fingerprint density at radius 2 is 1.94 bits per heavy atom. The average molecular weight is 474 g/mol. The van der Waals surface area contributed by atoms with Crippen LogP contribution in [0, 0.1) is 0 Å². The molecule has 0 spiro atoms. The van der Waals surface area contributed by atoms with Gasteiger partial charge in [0.25, 0.3) is 5.91 Å². The fraction of sp³-hybridized carbons (Fsp3) is 0.308. The molecule has 9 nitrogen and oxygen atoms in total. The zero-order chi connectivity index (χ0) is 24.4. The van der Waals surface area contributed by atoms with Crippen LogP contribution >= 0.6 is 0 Å². The van der Waals surface area contributed by atoms with E-state index >= 15 is 0 Å². The van der Waals surface area contributed by atoms with Gasteiger partial charge in [0.2, 0.25) is 0 Å². The van der Waals surface area contributed by atoms with E-state index in [1.165, 1.54) is 0 Å². The Bertz CT molecular complexity index is 1340. The average Bonchev–Trinajstić information content (AvgIpc) is 3.49. The first kappa shape index (κ1) is 22.6. The van der Waals surface area contributed by atoms with Gasteiger partial charge in [-0.2, -0.15) is 5.10 Å². The minimum absolute atomic E-state index is 0.167. The summed E-state index contributed by atoms with van der Waals surface area (Å²) < 4.78 is 14.2. The molecule has 0 saturated carbocycles. The second-order valence-corrected chi connectivity index (χ2v) is 8.38. The molecule has 35 heavy (non-hydrogen) atoms. The van der Waals surface area contributed by atoms with Crippen molar-refractivity contribution in [2.45, 2.75) is 32.9 Å². The lowest BCUT2D eigenvalue weighted by atomic mass is 10.0. The second kappa shape index (κ2) is 9.61. The SMILES string of the molecule is CCOC(=O)c1nn(CCc2ccc(OC)cc2)c2c1CN(C(=O)c1cn3ccccc3n1)CC2. The summed E-state index contributed by atoms with van der Waals surface area (Å²) in [4.78, 5) is 32.1. The molecule has 0 unspecified atom stereocenters. The molecule has 3 aromatic heterocycles. The van der Waals surface area contributed by atoms with Crippen molar-refractivity contribution in [2.75, 3.05) is 20.3 Å². The van der Waals surface area contributed by atoms with Crippen LogP contribution in [0.15, 0.2) is 54.9 Å². The lowest BCUT2D eigenvalue weighted by Gasteiger charge is -2.27. The van der Waals surface area contributed by atoms with Gasteiger partial charge >= 0.3 is 5.97 Å². The van der Waals surface area contributed by atoms with E-state index in [0.29, 0.717) is 37.4 Å². The lowest BCUT2D eigenvalue weighted by molar-refractivity contribution is 0.0513. The van der Waals surface area contributed by atoms with Gasteiger partial charge in [0, 0.05) is 43.2 Å². The molecule has 4 aromatic rings. The predicted molar refractivity (Wildman–Crippen MR) is 129 cm³/mol. The number of benzene rings is 1. The van der Waals surface area contributed by atoms with Crippen molar-refractivity contribution in [3.8, 4) is 5.75 Å². The maximum atomic E-state index is 13.3. The molecule has 0 saturated heterocycles. The molecule has 4 heterocycles. The number of esters is 1. The summed E-state index contributed by atoms with van der Waals surface area (Å²) in [6, 6.07) is 13.5. The number of methoxy groups -OCH3 is 1. The van der Waals surface area contributed by atoms with E-state index in [9.17, 15) is 9.59 Å². The second-order valence-electron chi connectivity index (χ2n) is 8.38. The first-order valence-corrected chi connectivity index (χ1v) is 11.7. The van der Waals surface area contributed by atoms with E-state index in [-0.39, 0.29) is 18.2 Å². The zero-order valence-corrected chi connectivity index (χ0v) is 19.8. The fourth-order valence-corrected chi connectivity index (χ4v) is 4.44. The molecule has 1 aliphatic rings. The van der Waals surface area contributed by atoms with Gasteiger partial charge in [0.15, 0.2) is 5.69 Å². The number of carbonyl (C=O) groups excluding carboxylic acids is 2. The first-order valence-electron chi connectivity index (χ1n) is 11.7. The number of pyridine rings is 1. The van der Waals surface area contributed by atoms with Crippen LogP contribution in [-0.4, -0.2) is 56.2 Å². The van der Waals surface area contributed by atoms with Crippen molar-refractivity contribution in [3.05, 3.63) is 83.1 Å². The number of nitrogens with zero attached hydrogens (tertiary/aromatic N) is 5. The molecule has 1 aromatic carbocycles. The van der Waals surface area contributed by atoms with Gasteiger partial charge in [0.05, 0.1) is 20.3 Å². The van der Waals surface area contributed by atoms with Gasteiger partial charge in [-0.1, -0.05) is 18.2 Å². The van der Waals surface area contributed by atoms with Gasteiger partial charge in [0.1, 0.15) is 17.1 Å². The Kier molecular flexibility index (Phi) is 6.22. The number of hydrogen-bond acceptors (Lipinski definition) is 6. The smallest absolute Gasteiger partial charge is 0.359 e. The van der Waals surface area contributed by atoms with Gasteiger partial charge < -0.3 is 18.8 Å². The van der Waals surface area contributed by atoms with Crippen molar-refractivity contribution >= 4 is 17.5 Å². The first-order chi connectivity index (χ1) is 17.1. The zero-order valence-electron chi connectivity index (χ0n) is 19.8. The summed E-state index contributed by atoms with van der Waals surface area (Å²) in [5.74, 6) is 0.180. The van der Waals surface area contributed by atoms with Crippen molar-refractivity contribution in [3.63, 3.8) is 0 Å². The molecule has 9 heteroatoms. The number of hydrogen-bond donors (Lipinski definition) is 0. The van der Waals surface area contributed by atoms with Gasteiger partial charge in [-0.15, -0.1) is 0 Å². The van der Waals surface area contributed by atoms with Gasteiger partial charge in [-0.25, -0.2) is 9.78 Å². The van der Waals surface area contributed by atoms with Crippen molar-refractivity contribution < 1.29 is 19.1 Å². The van der Waals surface area contributed by atoms with E-state index in [0.717, 1.165) is 29.0 Å². The van der Waals surface area contributed by atoms with Crippen LogP contribution in [-0.2, 0) is 30.7 Å². The predicted octanol–water partition coefficient (Wildman–Crippen LogP) is 3.16. The highest BCUT2D eigenvalue weighted by atomic mass is 16.5. The Morgan fingerprint density at radius 3 is 2.69 bits per heavy atom. The van der Waals surface area contributed by atoms with Crippen LogP contribution in [0.25, 0.3) is 5.65 Å². The molecule has 0 N–H and O–H groups in total. The normalized spacial score (nSPS) is 13.0. The van der Waals surface area contributed by atoms with E-state index < -0.39 is 5.97 Å².